The summed E-state index contributed by atoms with van der Waals surface area (Å²) in [6.45, 7) is 11.0. The summed E-state index contributed by atoms with van der Waals surface area (Å²) in [4.78, 5) is 6.81. The lowest BCUT2D eigenvalue weighted by atomic mass is 9.86. The zero-order chi connectivity index (χ0) is 81.6. The predicted octanol–water partition coefficient (Wildman–Crippen LogP) is 29.6. The number of aromatic nitrogens is 6. The molecule has 0 aliphatic heterocycles. The number of hydrogen-bond donors (Lipinski definition) is 0. The van der Waals surface area contributed by atoms with Gasteiger partial charge in [-0.25, -0.2) is 14.0 Å². The highest BCUT2D eigenvalue weighted by atomic mass is 15.3. The highest BCUT2D eigenvalue weighted by Gasteiger charge is 2.22. The van der Waals surface area contributed by atoms with Crippen LogP contribution in [0, 0.1) is 13.8 Å². The molecule has 0 bridgehead atoms. The van der Waals surface area contributed by atoms with Crippen molar-refractivity contribution in [3.05, 3.63) is 478 Å². The molecule has 0 spiro atoms. The maximum Gasteiger partial charge on any atom is 0.0934 e. The molecular weight excluding hydrogens is 1460 g/mol. The maximum absolute atomic E-state index is 5.13. The van der Waals surface area contributed by atoms with Crippen molar-refractivity contribution in [2.24, 2.45) is 0 Å². The van der Waals surface area contributed by atoms with E-state index in [0.717, 1.165) is 136 Å². The van der Waals surface area contributed by atoms with Crippen molar-refractivity contribution in [1.82, 2.24) is 29.3 Å². The fourth-order valence-electron chi connectivity index (χ4n) is 15.1. The van der Waals surface area contributed by atoms with Crippen LogP contribution in [-0.2, 0) is 5.41 Å². The molecule has 16 aromatic carbocycles. The summed E-state index contributed by atoms with van der Waals surface area (Å²) < 4.78 is 6.17. The molecule has 9 heteroatoms. The van der Waals surface area contributed by atoms with Crippen LogP contribution in [0.3, 0.4) is 0 Å². The van der Waals surface area contributed by atoms with E-state index in [2.05, 4.69) is 465 Å². The Labute approximate surface area is 704 Å². The van der Waals surface area contributed by atoms with E-state index >= 15 is 0 Å². The summed E-state index contributed by atoms with van der Waals surface area (Å²) in [5.41, 5.74) is 32.0. The van der Waals surface area contributed by atoms with Gasteiger partial charge in [0.15, 0.2) is 0 Å². The van der Waals surface area contributed by atoms with Crippen LogP contribution in [0.25, 0.3) is 95.7 Å². The SMILES string of the molecule is CC(C)(C)c1ccc(-c2cc(-c3ccccc3)nn2-c2ccc(N(c3ccccc3)c3ccccc3)cc2)cc1.Cc1ccc(-c2cc(-c3ccc(-c4ccccc4)cc3)n(-c3ccc(N(c4ccccc4)c4ccccc4)cc3)n2)cc1.Cc1ccc(-c2cc(-c3ccccc3)nn2-c2ccc(N(c3ccccc3)c3ccccc3)cc2)cc1. The van der Waals surface area contributed by atoms with Crippen molar-refractivity contribution in [3.63, 3.8) is 0 Å². The molecule has 0 radical (unpaired) electrons. The summed E-state index contributed by atoms with van der Waals surface area (Å²) in [7, 11) is 0. The molecular formula is C111H91N9. The molecule has 0 aliphatic carbocycles. The Morgan fingerprint density at radius 2 is 0.383 bits per heavy atom. The lowest BCUT2D eigenvalue weighted by Gasteiger charge is -2.25. The zero-order valence-corrected chi connectivity index (χ0v) is 67.9. The average molecular weight is 1550 g/mol. The van der Waals surface area contributed by atoms with E-state index in [1.54, 1.807) is 0 Å². The molecule has 0 unspecified atom stereocenters. The Hall–Kier alpha value is -15.5. The normalized spacial score (nSPS) is 11.0. The molecule has 0 aliphatic rings. The van der Waals surface area contributed by atoms with E-state index < -0.39 is 0 Å². The number of rotatable bonds is 19. The molecule has 0 amide bonds. The first-order valence-corrected chi connectivity index (χ1v) is 40.8. The van der Waals surface area contributed by atoms with Crippen LogP contribution in [-0.4, -0.2) is 29.3 Å². The minimum absolute atomic E-state index is 0.104. The second-order valence-corrected chi connectivity index (χ2v) is 30.8. The van der Waals surface area contributed by atoms with Crippen molar-refractivity contribution >= 4 is 51.2 Å². The van der Waals surface area contributed by atoms with Crippen LogP contribution in [0.5, 0.6) is 0 Å². The molecule has 9 nitrogen and oxygen atoms in total. The van der Waals surface area contributed by atoms with Gasteiger partial charge in [-0.2, -0.15) is 15.3 Å². The van der Waals surface area contributed by atoms with Gasteiger partial charge in [-0.3, -0.25) is 0 Å². The Morgan fingerprint density at radius 3 is 0.642 bits per heavy atom. The summed E-state index contributed by atoms with van der Waals surface area (Å²) >= 11 is 0. The monoisotopic (exact) mass is 1550 g/mol. The lowest BCUT2D eigenvalue weighted by Crippen LogP contribution is -2.10. The molecule has 19 aromatic rings. The first-order valence-electron chi connectivity index (χ1n) is 40.8. The molecule has 0 saturated heterocycles. The first-order chi connectivity index (χ1) is 59.0. The van der Waals surface area contributed by atoms with Gasteiger partial charge < -0.3 is 14.7 Å². The van der Waals surface area contributed by atoms with Crippen LogP contribution >= 0.6 is 0 Å². The fraction of sp³-hybridized carbons (Fsp3) is 0.0541. The topological polar surface area (TPSA) is 63.2 Å². The molecule has 0 N–H and O–H groups in total. The van der Waals surface area contributed by atoms with Crippen LogP contribution in [0.15, 0.2) is 461 Å². The molecule has 0 atom stereocenters. The molecule has 0 fully saturated rings. The molecule has 0 saturated carbocycles. The Morgan fingerprint density at radius 1 is 0.192 bits per heavy atom. The largest absolute Gasteiger partial charge is 0.311 e. The van der Waals surface area contributed by atoms with Gasteiger partial charge in [-0.05, 0) is 200 Å². The lowest BCUT2D eigenvalue weighted by molar-refractivity contribution is 0.590. The third-order valence-corrected chi connectivity index (χ3v) is 21.4. The van der Waals surface area contributed by atoms with Crippen LogP contribution in [0.1, 0.15) is 37.5 Å². The molecule has 19 rings (SSSR count). The molecule has 3 heterocycles. The van der Waals surface area contributed by atoms with Gasteiger partial charge in [0.05, 0.1) is 51.2 Å². The zero-order valence-electron chi connectivity index (χ0n) is 67.9. The Balaban J connectivity index is 0.000000129. The van der Waals surface area contributed by atoms with Crippen molar-refractivity contribution in [1.29, 1.82) is 0 Å². The van der Waals surface area contributed by atoms with E-state index in [9.17, 15) is 0 Å². The van der Waals surface area contributed by atoms with E-state index in [4.69, 9.17) is 15.3 Å². The summed E-state index contributed by atoms with van der Waals surface area (Å²) in [5, 5.41) is 15.3. The Bertz CT molecular complexity index is 6340. The molecule has 580 valence electrons. The second-order valence-electron chi connectivity index (χ2n) is 30.8. The van der Waals surface area contributed by atoms with Gasteiger partial charge >= 0.3 is 0 Å². The third-order valence-electron chi connectivity index (χ3n) is 21.4. The smallest absolute Gasteiger partial charge is 0.0934 e. The number of hydrogen-bond acceptors (Lipinski definition) is 6. The number of para-hydroxylation sites is 6. The van der Waals surface area contributed by atoms with Crippen molar-refractivity contribution < 1.29 is 0 Å². The minimum atomic E-state index is 0.104. The van der Waals surface area contributed by atoms with Gasteiger partial charge in [0.1, 0.15) is 0 Å². The number of aryl methyl sites for hydroxylation is 2. The molecule has 3 aromatic heterocycles. The van der Waals surface area contributed by atoms with E-state index in [1.807, 2.05) is 59.3 Å². The van der Waals surface area contributed by atoms with Crippen LogP contribution < -0.4 is 14.7 Å². The average Bonchev–Trinajstić information content (AvgIpc) is 1.60. The van der Waals surface area contributed by atoms with Gasteiger partial charge in [-0.15, -0.1) is 0 Å². The highest BCUT2D eigenvalue weighted by molar-refractivity contribution is 5.82. The summed E-state index contributed by atoms with van der Waals surface area (Å²) in [6, 6.07) is 161. The Kier molecular flexibility index (Phi) is 23.0. The predicted molar refractivity (Wildman–Crippen MR) is 501 cm³/mol. The number of nitrogens with zero attached hydrogens (tertiary/aromatic N) is 9. The summed E-state index contributed by atoms with van der Waals surface area (Å²) in [5.74, 6) is 0. The number of anilines is 9. The van der Waals surface area contributed by atoms with Gasteiger partial charge in [0.2, 0.25) is 0 Å². The van der Waals surface area contributed by atoms with Crippen molar-refractivity contribution in [2.45, 2.75) is 40.0 Å². The van der Waals surface area contributed by atoms with E-state index in [0.29, 0.717) is 0 Å². The van der Waals surface area contributed by atoms with Crippen molar-refractivity contribution in [2.75, 3.05) is 14.7 Å². The van der Waals surface area contributed by atoms with Gasteiger partial charge in [0.25, 0.3) is 0 Å². The third kappa shape index (κ3) is 17.7. The van der Waals surface area contributed by atoms with Crippen molar-refractivity contribution in [3.8, 4) is 95.7 Å². The quantitative estimate of drug-likeness (QED) is 0.0804. The molecule has 120 heavy (non-hydrogen) atoms. The highest BCUT2D eigenvalue weighted by Crippen LogP contribution is 2.41. The minimum Gasteiger partial charge on any atom is -0.311 e. The van der Waals surface area contributed by atoms with E-state index in [1.165, 1.54) is 27.8 Å². The summed E-state index contributed by atoms with van der Waals surface area (Å²) in [6.07, 6.45) is 0. The fourth-order valence-corrected chi connectivity index (χ4v) is 15.1. The second kappa shape index (κ2) is 35.7. The standard InChI is InChI=1S/C40H31N3.C37H33N3.C34H27N3/c1-30-17-19-33(20-18-30)39-29-40(34-23-21-32(22-24-34)31-11-5-2-6-12-31)43(41-39)38-27-25-37(26-28-38)42(35-13-7-3-8-14-35)36-15-9-4-10-16-36;1-37(2,3)30-21-19-29(20-22-30)36-27-35(28-13-7-4-8-14-28)38-40(36)34-25-23-33(24-26-34)39(31-15-9-5-10-16-31)32-17-11-6-12-18-32;1-26-17-19-28(20-18-26)34-25-33(27-11-5-2-6-12-27)35-37(34)32-23-21-31(22-24-32)36(29-13-7-3-8-14-29)30-15-9-4-10-16-30/h2-29H,1H3;4-27H,1-3H3;2-25H,1H3. The first kappa shape index (κ1) is 77.1. The van der Waals surface area contributed by atoms with Gasteiger partial charge in [0, 0.05) is 84.6 Å². The van der Waals surface area contributed by atoms with Crippen LogP contribution in [0.4, 0.5) is 51.2 Å². The van der Waals surface area contributed by atoms with Crippen LogP contribution in [0.2, 0.25) is 0 Å². The number of benzene rings is 16. The van der Waals surface area contributed by atoms with Gasteiger partial charge in [-0.1, -0.05) is 329 Å². The van der Waals surface area contributed by atoms with E-state index in [-0.39, 0.29) is 5.41 Å². The maximum atomic E-state index is 5.13.